The number of esters is 1. The maximum atomic E-state index is 12.4. The second kappa shape index (κ2) is 7.21. The van der Waals surface area contributed by atoms with Crippen molar-refractivity contribution >= 4 is 17.6 Å². The lowest BCUT2D eigenvalue weighted by atomic mass is 9.97. The lowest BCUT2D eigenvalue weighted by molar-refractivity contribution is -0.384. The van der Waals surface area contributed by atoms with Crippen molar-refractivity contribution in [3.8, 4) is 0 Å². The van der Waals surface area contributed by atoms with Gasteiger partial charge >= 0.3 is 5.97 Å². The van der Waals surface area contributed by atoms with Gasteiger partial charge in [-0.3, -0.25) is 19.7 Å². The Labute approximate surface area is 146 Å². The molecule has 2 aliphatic rings. The fourth-order valence-corrected chi connectivity index (χ4v) is 3.16. The van der Waals surface area contributed by atoms with Crippen LogP contribution in [-0.4, -0.2) is 34.8 Å². The van der Waals surface area contributed by atoms with Crippen molar-refractivity contribution in [2.24, 2.45) is 11.8 Å². The summed E-state index contributed by atoms with van der Waals surface area (Å²) in [7, 11) is 0. The van der Waals surface area contributed by atoms with Crippen LogP contribution in [0.2, 0.25) is 0 Å². The molecule has 0 N–H and O–H groups in total. The Morgan fingerprint density at radius 3 is 2.48 bits per heavy atom. The average Bonchev–Trinajstić information content (AvgIpc) is 3.46. The maximum Gasteiger partial charge on any atom is 0.311 e. The van der Waals surface area contributed by atoms with Gasteiger partial charge in [-0.25, -0.2) is 0 Å². The van der Waals surface area contributed by atoms with Crippen LogP contribution in [0.15, 0.2) is 24.3 Å². The highest BCUT2D eigenvalue weighted by Gasteiger charge is 2.37. The quantitative estimate of drug-likeness (QED) is 0.464. The van der Waals surface area contributed by atoms with Crippen molar-refractivity contribution in [1.82, 2.24) is 4.90 Å². The Kier molecular flexibility index (Phi) is 5.01. The standard InChI is InChI=1S/C18H22N2O5/c1-12(13-6-8-16(9-7-13)20(23)24)25-18(22)15-3-2-10-19(11-15)17(21)14-4-5-14/h6-9,12,14-15H,2-5,10-11H2,1H3/t12-,15+/m1/s1. The van der Waals surface area contributed by atoms with Crippen molar-refractivity contribution in [3.05, 3.63) is 39.9 Å². The molecule has 2 atom stereocenters. The first kappa shape index (κ1) is 17.4. The molecule has 1 aliphatic carbocycles. The van der Waals surface area contributed by atoms with Crippen molar-refractivity contribution in [3.63, 3.8) is 0 Å². The van der Waals surface area contributed by atoms with Crippen LogP contribution in [0.4, 0.5) is 5.69 Å². The van der Waals surface area contributed by atoms with Crippen LogP contribution in [0, 0.1) is 22.0 Å². The molecule has 1 amide bonds. The SMILES string of the molecule is C[C@@H](OC(=O)[C@H]1CCCN(C(=O)C2CC2)C1)c1ccc([N+](=O)[O-])cc1. The predicted molar refractivity (Wildman–Crippen MR) is 89.6 cm³/mol. The fourth-order valence-electron chi connectivity index (χ4n) is 3.16. The van der Waals surface area contributed by atoms with Gasteiger partial charge in [0.1, 0.15) is 6.10 Å². The lowest BCUT2D eigenvalue weighted by Gasteiger charge is -2.32. The highest BCUT2D eigenvalue weighted by Crippen LogP contribution is 2.33. The summed E-state index contributed by atoms with van der Waals surface area (Å²) in [5.74, 6) is -0.272. The zero-order valence-electron chi connectivity index (χ0n) is 14.2. The van der Waals surface area contributed by atoms with Gasteiger partial charge in [-0.2, -0.15) is 0 Å². The van der Waals surface area contributed by atoms with Crippen LogP contribution in [0.25, 0.3) is 0 Å². The second-order valence-corrected chi connectivity index (χ2v) is 6.83. The third-order valence-corrected chi connectivity index (χ3v) is 4.86. The summed E-state index contributed by atoms with van der Waals surface area (Å²) in [5.41, 5.74) is 0.712. The van der Waals surface area contributed by atoms with Gasteiger partial charge in [0, 0.05) is 31.1 Å². The van der Waals surface area contributed by atoms with E-state index in [9.17, 15) is 19.7 Å². The molecule has 7 nitrogen and oxygen atoms in total. The molecule has 0 radical (unpaired) electrons. The number of nitro benzene ring substituents is 1. The predicted octanol–water partition coefficient (Wildman–Crippen LogP) is 2.85. The van der Waals surface area contributed by atoms with Gasteiger partial charge in [0.25, 0.3) is 5.69 Å². The first-order chi connectivity index (χ1) is 12.0. The Morgan fingerprint density at radius 2 is 1.88 bits per heavy atom. The molecule has 1 heterocycles. The highest BCUT2D eigenvalue weighted by atomic mass is 16.6. The number of likely N-dealkylation sites (tertiary alicyclic amines) is 1. The smallest absolute Gasteiger partial charge is 0.311 e. The zero-order valence-corrected chi connectivity index (χ0v) is 14.2. The summed E-state index contributed by atoms with van der Waals surface area (Å²) in [5, 5.41) is 10.7. The second-order valence-electron chi connectivity index (χ2n) is 6.83. The van der Waals surface area contributed by atoms with Crippen LogP contribution >= 0.6 is 0 Å². The molecule has 0 aromatic heterocycles. The number of hydrogen-bond acceptors (Lipinski definition) is 5. The van der Waals surface area contributed by atoms with Gasteiger partial charge in [0.05, 0.1) is 10.8 Å². The summed E-state index contributed by atoms with van der Waals surface area (Å²) < 4.78 is 5.53. The summed E-state index contributed by atoms with van der Waals surface area (Å²) in [6, 6.07) is 5.99. The lowest BCUT2D eigenvalue weighted by Crippen LogP contribution is -2.43. The van der Waals surface area contributed by atoms with E-state index in [0.29, 0.717) is 12.1 Å². The van der Waals surface area contributed by atoms with Gasteiger partial charge in [-0.1, -0.05) is 0 Å². The van der Waals surface area contributed by atoms with E-state index in [4.69, 9.17) is 4.74 Å². The topological polar surface area (TPSA) is 89.8 Å². The Balaban J connectivity index is 1.56. The molecule has 1 saturated carbocycles. The van der Waals surface area contributed by atoms with E-state index in [1.54, 1.807) is 24.0 Å². The summed E-state index contributed by atoms with van der Waals surface area (Å²) in [4.78, 5) is 36.6. The molecule has 3 rings (SSSR count). The number of benzene rings is 1. The number of nitro groups is 1. The minimum absolute atomic E-state index is 0.00351. The van der Waals surface area contributed by atoms with Crippen LogP contribution in [0.1, 0.15) is 44.3 Å². The van der Waals surface area contributed by atoms with E-state index in [1.165, 1.54) is 12.1 Å². The van der Waals surface area contributed by atoms with E-state index in [1.807, 2.05) is 0 Å². The van der Waals surface area contributed by atoms with E-state index in [-0.39, 0.29) is 29.4 Å². The molecule has 1 aromatic rings. The largest absolute Gasteiger partial charge is 0.458 e. The summed E-state index contributed by atoms with van der Waals surface area (Å²) in [6.07, 6.45) is 2.97. The number of non-ortho nitro benzene ring substituents is 1. The minimum atomic E-state index is -0.484. The number of ether oxygens (including phenoxy) is 1. The number of carbonyl (C=O) groups excluding carboxylic acids is 2. The van der Waals surface area contributed by atoms with Crippen molar-refractivity contribution < 1.29 is 19.2 Å². The zero-order chi connectivity index (χ0) is 18.0. The first-order valence-corrected chi connectivity index (χ1v) is 8.69. The van der Waals surface area contributed by atoms with E-state index >= 15 is 0 Å². The van der Waals surface area contributed by atoms with Gasteiger partial charge in [-0.05, 0) is 50.3 Å². The monoisotopic (exact) mass is 346 g/mol. The molecule has 25 heavy (non-hydrogen) atoms. The Bertz CT molecular complexity index is 669. The van der Waals surface area contributed by atoms with Crippen LogP contribution in [0.3, 0.4) is 0 Å². The van der Waals surface area contributed by atoms with Crippen LogP contribution < -0.4 is 0 Å². The number of hydrogen-bond donors (Lipinski definition) is 0. The molecule has 134 valence electrons. The number of rotatable bonds is 5. The molecular formula is C18H22N2O5. The van der Waals surface area contributed by atoms with Crippen molar-refractivity contribution in [2.45, 2.75) is 38.7 Å². The average molecular weight is 346 g/mol. The molecule has 1 saturated heterocycles. The van der Waals surface area contributed by atoms with E-state index in [0.717, 1.165) is 32.2 Å². The summed E-state index contributed by atoms with van der Waals surface area (Å²) >= 11 is 0. The van der Waals surface area contributed by atoms with Gasteiger partial charge in [0.15, 0.2) is 0 Å². The van der Waals surface area contributed by atoms with Crippen LogP contribution in [0.5, 0.6) is 0 Å². The van der Waals surface area contributed by atoms with Crippen molar-refractivity contribution in [1.29, 1.82) is 0 Å². The highest BCUT2D eigenvalue weighted by molar-refractivity contribution is 5.82. The molecule has 1 aromatic carbocycles. The number of piperidine rings is 1. The molecule has 1 aliphatic heterocycles. The number of carbonyl (C=O) groups is 2. The first-order valence-electron chi connectivity index (χ1n) is 8.69. The van der Waals surface area contributed by atoms with Gasteiger partial charge in [0.2, 0.25) is 5.91 Å². The molecule has 0 bridgehead atoms. The Hall–Kier alpha value is -2.44. The third-order valence-electron chi connectivity index (χ3n) is 4.86. The van der Waals surface area contributed by atoms with Gasteiger partial charge < -0.3 is 9.64 Å². The molecule has 7 heteroatoms. The maximum absolute atomic E-state index is 12.4. The number of amides is 1. The molecule has 2 fully saturated rings. The molecule has 0 spiro atoms. The minimum Gasteiger partial charge on any atom is -0.458 e. The normalized spacial score (nSPS) is 21.5. The van der Waals surface area contributed by atoms with Crippen molar-refractivity contribution in [2.75, 3.05) is 13.1 Å². The van der Waals surface area contributed by atoms with E-state index in [2.05, 4.69) is 0 Å². The Morgan fingerprint density at radius 1 is 1.20 bits per heavy atom. The van der Waals surface area contributed by atoms with Gasteiger partial charge in [-0.15, -0.1) is 0 Å². The summed E-state index contributed by atoms with van der Waals surface area (Å²) in [6.45, 7) is 2.90. The molecular weight excluding hydrogens is 324 g/mol. The third kappa shape index (κ3) is 4.15. The molecule has 0 unspecified atom stereocenters. The van der Waals surface area contributed by atoms with Crippen LogP contribution in [-0.2, 0) is 14.3 Å². The number of nitrogens with zero attached hydrogens (tertiary/aromatic N) is 2. The fraction of sp³-hybridized carbons (Fsp3) is 0.556. The van der Waals surface area contributed by atoms with E-state index < -0.39 is 11.0 Å².